The maximum atomic E-state index is 13.2. The predicted molar refractivity (Wildman–Crippen MR) is 87.4 cm³/mol. The summed E-state index contributed by atoms with van der Waals surface area (Å²) in [7, 11) is 0. The van der Waals surface area contributed by atoms with Crippen molar-refractivity contribution in [2.24, 2.45) is 5.92 Å². The number of carbonyl (C=O) groups is 1. The van der Waals surface area contributed by atoms with Crippen LogP contribution in [-0.2, 0) is 6.42 Å². The molecular formula is C17H20F3N3O2. The Bertz CT molecular complexity index is 798. The molecule has 1 atom stereocenters. The van der Waals surface area contributed by atoms with Crippen molar-refractivity contribution in [3.05, 3.63) is 24.1 Å². The zero-order chi connectivity index (χ0) is 18.4. The summed E-state index contributed by atoms with van der Waals surface area (Å²) in [6.07, 6.45) is -3.77. The number of nitrogens with one attached hydrogen (secondary N) is 1. The van der Waals surface area contributed by atoms with Crippen molar-refractivity contribution in [3.8, 4) is 0 Å². The maximum Gasteiger partial charge on any atom is 0.394 e. The molecule has 0 radical (unpaired) electrons. The number of carbonyl (C=O) groups excluding carboxylic acids is 1. The topological polar surface area (TPSA) is 58.4 Å². The molecule has 1 aromatic heterocycles. The van der Waals surface area contributed by atoms with E-state index in [4.69, 9.17) is 4.42 Å². The zero-order valence-electron chi connectivity index (χ0n) is 14.3. The van der Waals surface area contributed by atoms with Crippen molar-refractivity contribution in [2.45, 2.75) is 45.3 Å². The molecule has 136 valence electrons. The van der Waals surface area contributed by atoms with E-state index in [9.17, 15) is 18.0 Å². The summed E-state index contributed by atoms with van der Waals surface area (Å²) in [6, 6.07) is 4.44. The monoisotopic (exact) mass is 355 g/mol. The van der Waals surface area contributed by atoms with Crippen molar-refractivity contribution in [1.29, 1.82) is 0 Å². The van der Waals surface area contributed by atoms with Gasteiger partial charge in [0.1, 0.15) is 5.52 Å². The summed E-state index contributed by atoms with van der Waals surface area (Å²) in [6.45, 7) is 4.88. The first kappa shape index (κ1) is 17.6. The number of hydrogen-bond donors (Lipinski definition) is 1. The van der Waals surface area contributed by atoms with E-state index in [0.717, 1.165) is 0 Å². The van der Waals surface area contributed by atoms with Crippen LogP contribution in [0.4, 0.5) is 23.7 Å². The van der Waals surface area contributed by atoms with Crippen LogP contribution in [0.3, 0.4) is 0 Å². The van der Waals surface area contributed by atoms with Gasteiger partial charge in [0.25, 0.3) is 0 Å². The molecule has 5 nitrogen and oxygen atoms in total. The number of amides is 2. The molecule has 1 fully saturated rings. The first-order chi connectivity index (χ1) is 11.6. The fraction of sp³-hybridized carbons (Fsp3) is 0.529. The highest BCUT2D eigenvalue weighted by Gasteiger charge is 2.56. The van der Waals surface area contributed by atoms with Crippen LogP contribution in [0.15, 0.2) is 22.6 Å². The molecule has 25 heavy (non-hydrogen) atoms. The van der Waals surface area contributed by atoms with Crippen molar-refractivity contribution in [3.63, 3.8) is 0 Å². The van der Waals surface area contributed by atoms with Crippen molar-refractivity contribution < 1.29 is 22.4 Å². The minimum Gasteiger partial charge on any atom is -0.441 e. The van der Waals surface area contributed by atoms with Crippen LogP contribution in [0.2, 0.25) is 0 Å². The van der Waals surface area contributed by atoms with Gasteiger partial charge < -0.3 is 14.6 Å². The highest BCUT2D eigenvalue weighted by atomic mass is 19.4. The number of oxazole rings is 1. The molecule has 3 rings (SSSR count). The number of likely N-dealkylation sites (tertiary alicyclic amines) is 1. The van der Waals surface area contributed by atoms with Gasteiger partial charge in [-0.1, -0.05) is 6.92 Å². The van der Waals surface area contributed by atoms with Crippen LogP contribution in [0.5, 0.6) is 0 Å². The number of hydrogen-bond acceptors (Lipinski definition) is 3. The standard InChI is InChI=1S/C17H20F3N3O2/c1-4-14-22-11-9-10(5-6-12(11)25-14)21-15(24)23-8-7-13(16(23,2)3)17(18,19)20/h5-6,9,13H,4,7-8H2,1-3H3,(H,21,24). The number of alkyl halides is 3. The lowest BCUT2D eigenvalue weighted by Gasteiger charge is -2.36. The summed E-state index contributed by atoms with van der Waals surface area (Å²) in [5, 5.41) is 2.67. The van der Waals surface area contributed by atoms with E-state index >= 15 is 0 Å². The van der Waals surface area contributed by atoms with Gasteiger partial charge in [-0.2, -0.15) is 13.2 Å². The number of benzene rings is 1. The van der Waals surface area contributed by atoms with E-state index in [1.165, 1.54) is 18.7 Å². The minimum absolute atomic E-state index is 0.0647. The normalized spacial score (nSPS) is 20.2. The molecule has 0 saturated carbocycles. The van der Waals surface area contributed by atoms with E-state index in [2.05, 4.69) is 10.3 Å². The van der Waals surface area contributed by atoms with Crippen LogP contribution in [0.1, 0.15) is 33.1 Å². The molecule has 2 heterocycles. The lowest BCUT2D eigenvalue weighted by molar-refractivity contribution is -0.189. The Morgan fingerprint density at radius 3 is 2.76 bits per heavy atom. The van der Waals surface area contributed by atoms with E-state index in [1.54, 1.807) is 18.2 Å². The molecule has 1 aromatic carbocycles. The van der Waals surface area contributed by atoms with E-state index < -0.39 is 23.7 Å². The maximum absolute atomic E-state index is 13.2. The van der Waals surface area contributed by atoms with Gasteiger partial charge in [-0.25, -0.2) is 9.78 Å². The van der Waals surface area contributed by atoms with Gasteiger partial charge in [-0.15, -0.1) is 0 Å². The quantitative estimate of drug-likeness (QED) is 0.857. The molecule has 2 amide bonds. The van der Waals surface area contributed by atoms with Crippen molar-refractivity contribution in [2.75, 3.05) is 11.9 Å². The van der Waals surface area contributed by atoms with Crippen LogP contribution in [-0.4, -0.2) is 34.2 Å². The van der Waals surface area contributed by atoms with Crippen molar-refractivity contribution >= 4 is 22.8 Å². The number of anilines is 1. The molecule has 0 bridgehead atoms. The number of halogens is 3. The van der Waals surface area contributed by atoms with Gasteiger partial charge in [-0.3, -0.25) is 0 Å². The summed E-state index contributed by atoms with van der Waals surface area (Å²) < 4.78 is 45.0. The Balaban J connectivity index is 1.78. The molecule has 2 aromatic rings. The number of urea groups is 1. The Morgan fingerprint density at radius 1 is 1.44 bits per heavy atom. The molecule has 1 aliphatic rings. The summed E-state index contributed by atoms with van der Waals surface area (Å²) in [5.41, 5.74) is 0.382. The average Bonchev–Trinajstić information content (AvgIpc) is 3.05. The largest absolute Gasteiger partial charge is 0.441 e. The lowest BCUT2D eigenvalue weighted by Crippen LogP contribution is -2.51. The van der Waals surface area contributed by atoms with Gasteiger partial charge in [-0.05, 0) is 38.5 Å². The highest BCUT2D eigenvalue weighted by Crippen LogP contribution is 2.44. The number of rotatable bonds is 2. The van der Waals surface area contributed by atoms with Crippen molar-refractivity contribution in [1.82, 2.24) is 9.88 Å². The second-order valence-electron chi connectivity index (χ2n) is 6.76. The molecular weight excluding hydrogens is 335 g/mol. The summed E-state index contributed by atoms with van der Waals surface area (Å²) in [4.78, 5) is 18.0. The molecule has 0 spiro atoms. The first-order valence-electron chi connectivity index (χ1n) is 8.17. The average molecular weight is 355 g/mol. The van der Waals surface area contributed by atoms with Crippen LogP contribution >= 0.6 is 0 Å². The van der Waals surface area contributed by atoms with Crippen LogP contribution in [0, 0.1) is 5.92 Å². The highest BCUT2D eigenvalue weighted by molar-refractivity contribution is 5.92. The number of nitrogens with zero attached hydrogens (tertiary/aromatic N) is 2. The van der Waals surface area contributed by atoms with Crippen LogP contribution < -0.4 is 5.32 Å². The van der Waals surface area contributed by atoms with E-state index in [0.29, 0.717) is 29.1 Å². The molecule has 1 N–H and O–H groups in total. The summed E-state index contributed by atoms with van der Waals surface area (Å²) >= 11 is 0. The fourth-order valence-electron chi connectivity index (χ4n) is 3.41. The smallest absolute Gasteiger partial charge is 0.394 e. The third-order valence-electron chi connectivity index (χ3n) is 4.82. The zero-order valence-corrected chi connectivity index (χ0v) is 14.3. The van der Waals surface area contributed by atoms with Gasteiger partial charge in [0, 0.05) is 18.7 Å². The Kier molecular flexibility index (Phi) is 4.17. The van der Waals surface area contributed by atoms with E-state index in [1.807, 2.05) is 6.92 Å². The van der Waals surface area contributed by atoms with Gasteiger partial charge >= 0.3 is 12.2 Å². The number of fused-ring (bicyclic) bond motifs is 1. The fourth-order valence-corrected chi connectivity index (χ4v) is 3.41. The van der Waals surface area contributed by atoms with Crippen LogP contribution in [0.25, 0.3) is 11.1 Å². The second-order valence-corrected chi connectivity index (χ2v) is 6.76. The molecule has 8 heteroatoms. The third-order valence-corrected chi connectivity index (χ3v) is 4.82. The molecule has 1 unspecified atom stereocenters. The Hall–Kier alpha value is -2.25. The Labute approximate surface area is 143 Å². The third kappa shape index (κ3) is 3.17. The summed E-state index contributed by atoms with van der Waals surface area (Å²) in [5.74, 6) is -0.942. The lowest BCUT2D eigenvalue weighted by atomic mass is 9.88. The molecule has 1 aliphatic heterocycles. The van der Waals surface area contributed by atoms with Gasteiger partial charge in [0.2, 0.25) is 0 Å². The van der Waals surface area contributed by atoms with Gasteiger partial charge in [0.05, 0.1) is 11.5 Å². The Morgan fingerprint density at radius 2 is 2.16 bits per heavy atom. The predicted octanol–water partition coefficient (Wildman–Crippen LogP) is 4.58. The SMILES string of the molecule is CCc1nc2cc(NC(=O)N3CCC(C(F)(F)F)C3(C)C)ccc2o1. The minimum atomic E-state index is -4.32. The second kappa shape index (κ2) is 5.93. The van der Waals surface area contributed by atoms with E-state index in [-0.39, 0.29) is 13.0 Å². The molecule has 1 saturated heterocycles. The molecule has 0 aliphatic carbocycles. The van der Waals surface area contributed by atoms with Gasteiger partial charge in [0.15, 0.2) is 11.5 Å². The first-order valence-corrected chi connectivity index (χ1v) is 8.17. The number of aryl methyl sites for hydroxylation is 1. The number of aromatic nitrogens is 1.